The molecule has 2 rings (SSSR count). The van der Waals surface area contributed by atoms with E-state index in [0.717, 1.165) is 0 Å². The molecule has 2 aromatic carbocycles. The molecule has 0 heterocycles. The molecular weight excluding hydrogens is 234 g/mol. The van der Waals surface area contributed by atoms with Crippen LogP contribution >= 0.6 is 11.6 Å². The van der Waals surface area contributed by atoms with Crippen molar-refractivity contribution in [2.75, 3.05) is 0 Å². The summed E-state index contributed by atoms with van der Waals surface area (Å²) in [4.78, 5) is 11.1. The largest absolute Gasteiger partial charge is 0.276 e. The van der Waals surface area contributed by atoms with E-state index in [-0.39, 0.29) is 5.56 Å². The Morgan fingerprint density at radius 2 is 1.94 bits per heavy atom. The molecule has 0 aliphatic rings. The third-order valence-electron chi connectivity index (χ3n) is 2.37. The van der Waals surface area contributed by atoms with Gasteiger partial charge in [-0.15, -0.1) is 0 Å². The minimum absolute atomic E-state index is 0.0633. The molecule has 0 radical (unpaired) electrons. The fourth-order valence-corrected chi connectivity index (χ4v) is 1.77. The molecule has 0 aliphatic carbocycles. The van der Waals surface area contributed by atoms with Gasteiger partial charge in [-0.25, -0.2) is 8.78 Å². The Balaban J connectivity index is 2.69. The summed E-state index contributed by atoms with van der Waals surface area (Å²) in [5.41, 5.74) is 0.270. The van der Waals surface area contributed by atoms with Crippen molar-refractivity contribution in [1.82, 2.24) is 0 Å². The summed E-state index contributed by atoms with van der Waals surface area (Å²) in [6.45, 7) is 0. The zero-order chi connectivity index (χ0) is 11.7. The monoisotopic (exact) mass is 240 g/mol. The zero-order valence-electron chi connectivity index (χ0n) is 8.08. The normalized spacial score (nSPS) is 11.0. The lowest BCUT2D eigenvalue weighted by molar-refractivity contribution is 0.108. The highest BCUT2D eigenvalue weighted by Gasteiger charge is 2.10. The fraction of sp³-hybridized carbons (Fsp3) is 0.0833. The van der Waals surface area contributed by atoms with Crippen molar-refractivity contribution >= 4 is 27.6 Å². The van der Waals surface area contributed by atoms with Crippen molar-refractivity contribution < 1.29 is 13.6 Å². The van der Waals surface area contributed by atoms with E-state index in [2.05, 4.69) is 0 Å². The average molecular weight is 241 g/mol. The van der Waals surface area contributed by atoms with Gasteiger partial charge in [0.1, 0.15) is 0 Å². The van der Waals surface area contributed by atoms with Crippen LogP contribution in [0.25, 0.3) is 10.8 Å². The Bertz CT molecular complexity index is 552. The first-order valence-corrected chi connectivity index (χ1v) is 4.98. The summed E-state index contributed by atoms with van der Waals surface area (Å²) in [5, 5.41) is 0.589. The maximum absolute atomic E-state index is 12.5. The van der Waals surface area contributed by atoms with Crippen LogP contribution in [0.4, 0.5) is 8.78 Å². The maximum atomic E-state index is 12.5. The van der Waals surface area contributed by atoms with Gasteiger partial charge in [0, 0.05) is 11.1 Å². The summed E-state index contributed by atoms with van der Waals surface area (Å²) in [5.74, 6) is 0. The van der Waals surface area contributed by atoms with Gasteiger partial charge in [-0.05, 0) is 34.5 Å². The molecule has 16 heavy (non-hydrogen) atoms. The van der Waals surface area contributed by atoms with Crippen molar-refractivity contribution in [2.24, 2.45) is 0 Å². The third-order valence-corrected chi connectivity index (χ3v) is 2.57. The lowest BCUT2D eigenvalue weighted by Crippen LogP contribution is -1.91. The Kier molecular flexibility index (Phi) is 2.88. The van der Waals surface area contributed by atoms with Gasteiger partial charge in [0.05, 0.1) is 0 Å². The summed E-state index contributed by atoms with van der Waals surface area (Å²) < 4.78 is 24.9. The van der Waals surface area contributed by atoms with Crippen molar-refractivity contribution in [1.29, 1.82) is 0 Å². The first-order valence-electron chi connectivity index (χ1n) is 4.60. The second-order valence-electron chi connectivity index (χ2n) is 3.36. The second kappa shape index (κ2) is 4.18. The van der Waals surface area contributed by atoms with Gasteiger partial charge in [0.15, 0.2) is 0 Å². The van der Waals surface area contributed by atoms with Crippen LogP contribution in [0, 0.1) is 0 Å². The number of fused-ring (bicyclic) bond motifs is 1. The molecule has 82 valence electrons. The first kappa shape index (κ1) is 11.0. The molecule has 0 fully saturated rings. The highest BCUT2D eigenvalue weighted by molar-refractivity contribution is 6.68. The average Bonchev–Trinajstić information content (AvgIpc) is 2.27. The number of benzene rings is 2. The van der Waals surface area contributed by atoms with Crippen LogP contribution < -0.4 is 0 Å². The molecule has 2 aromatic rings. The Hall–Kier alpha value is -1.48. The summed E-state index contributed by atoms with van der Waals surface area (Å²) in [7, 11) is 0. The van der Waals surface area contributed by atoms with Crippen molar-refractivity contribution in [3.05, 3.63) is 47.5 Å². The molecule has 0 bridgehead atoms. The quantitative estimate of drug-likeness (QED) is 0.721. The smallest absolute Gasteiger partial charge is 0.263 e. The minimum atomic E-state index is -2.51. The predicted octanol–water partition coefficient (Wildman–Crippen LogP) is 4.16. The topological polar surface area (TPSA) is 17.1 Å². The number of alkyl halides is 2. The third kappa shape index (κ3) is 1.91. The predicted molar refractivity (Wildman–Crippen MR) is 59.1 cm³/mol. The molecule has 4 heteroatoms. The van der Waals surface area contributed by atoms with E-state index >= 15 is 0 Å². The van der Waals surface area contributed by atoms with Crippen LogP contribution in [0.2, 0.25) is 0 Å². The standard InChI is InChI=1S/C12H7ClF2O/c13-11(16)10-3-1-2-7-6-8(12(14)15)4-5-9(7)10/h1-6,12H. The Labute approximate surface area is 95.6 Å². The van der Waals surface area contributed by atoms with Crippen molar-refractivity contribution in [3.8, 4) is 0 Å². The van der Waals surface area contributed by atoms with Crippen molar-refractivity contribution in [3.63, 3.8) is 0 Å². The molecule has 0 unspecified atom stereocenters. The second-order valence-corrected chi connectivity index (χ2v) is 3.70. The molecule has 0 saturated carbocycles. The number of halogens is 3. The van der Waals surface area contributed by atoms with Gasteiger partial charge < -0.3 is 0 Å². The van der Waals surface area contributed by atoms with Gasteiger partial charge in [0.25, 0.3) is 11.7 Å². The fourth-order valence-electron chi connectivity index (χ4n) is 1.61. The summed E-state index contributed by atoms with van der Waals surface area (Å²) in [6, 6.07) is 9.02. The van der Waals surface area contributed by atoms with Crippen LogP contribution in [0.3, 0.4) is 0 Å². The van der Waals surface area contributed by atoms with E-state index in [4.69, 9.17) is 11.6 Å². The molecule has 0 saturated heterocycles. The number of hydrogen-bond donors (Lipinski definition) is 0. The van der Waals surface area contributed by atoms with Gasteiger partial charge in [-0.1, -0.05) is 24.3 Å². The molecule has 0 amide bonds. The number of hydrogen-bond acceptors (Lipinski definition) is 1. The number of carbonyl (C=O) groups excluding carboxylic acids is 1. The lowest BCUT2D eigenvalue weighted by atomic mass is 10.0. The van der Waals surface area contributed by atoms with E-state index in [9.17, 15) is 13.6 Å². The van der Waals surface area contributed by atoms with Crippen LogP contribution in [-0.2, 0) is 0 Å². The summed E-state index contributed by atoms with van der Waals surface area (Å²) in [6.07, 6.45) is -2.51. The highest BCUT2D eigenvalue weighted by Crippen LogP contribution is 2.26. The van der Waals surface area contributed by atoms with E-state index in [1.807, 2.05) is 0 Å². The molecule has 0 atom stereocenters. The Morgan fingerprint density at radius 1 is 1.19 bits per heavy atom. The van der Waals surface area contributed by atoms with Crippen LogP contribution in [0.5, 0.6) is 0 Å². The lowest BCUT2D eigenvalue weighted by Gasteiger charge is -2.05. The first-order chi connectivity index (χ1) is 7.59. The molecule has 0 aliphatic heterocycles. The van der Waals surface area contributed by atoms with Gasteiger partial charge in [-0.3, -0.25) is 4.79 Å². The molecule has 0 aromatic heterocycles. The van der Waals surface area contributed by atoms with Crippen LogP contribution in [0.1, 0.15) is 22.3 Å². The number of carbonyl (C=O) groups is 1. The Morgan fingerprint density at radius 3 is 2.56 bits per heavy atom. The molecule has 1 nitrogen and oxygen atoms in total. The van der Waals surface area contributed by atoms with Crippen molar-refractivity contribution in [2.45, 2.75) is 6.43 Å². The molecule has 0 N–H and O–H groups in total. The molecule has 0 spiro atoms. The van der Waals surface area contributed by atoms with E-state index in [1.54, 1.807) is 18.2 Å². The minimum Gasteiger partial charge on any atom is -0.276 e. The van der Waals surface area contributed by atoms with E-state index in [1.165, 1.54) is 18.2 Å². The highest BCUT2D eigenvalue weighted by atomic mass is 35.5. The number of rotatable bonds is 2. The summed E-state index contributed by atoms with van der Waals surface area (Å²) >= 11 is 5.40. The van der Waals surface area contributed by atoms with Gasteiger partial charge in [0.2, 0.25) is 0 Å². The van der Waals surface area contributed by atoms with E-state index < -0.39 is 11.7 Å². The zero-order valence-corrected chi connectivity index (χ0v) is 8.84. The van der Waals surface area contributed by atoms with Crippen LogP contribution in [-0.4, -0.2) is 5.24 Å². The van der Waals surface area contributed by atoms with Gasteiger partial charge in [-0.2, -0.15) is 0 Å². The van der Waals surface area contributed by atoms with Crippen LogP contribution in [0.15, 0.2) is 36.4 Å². The SMILES string of the molecule is O=C(Cl)c1cccc2cc(C(F)F)ccc12. The van der Waals surface area contributed by atoms with E-state index in [0.29, 0.717) is 16.3 Å². The van der Waals surface area contributed by atoms with Gasteiger partial charge >= 0.3 is 0 Å². The molecular formula is C12H7ClF2O. The maximum Gasteiger partial charge on any atom is 0.263 e.